The van der Waals surface area contributed by atoms with Crippen LogP contribution in [0.4, 0.5) is 0 Å². The van der Waals surface area contributed by atoms with Crippen LogP contribution in [0, 0.1) is 5.92 Å². The Kier molecular flexibility index (Phi) is 2.30. The normalized spacial score (nSPS) is 28.1. The van der Waals surface area contributed by atoms with Crippen molar-refractivity contribution in [3.8, 4) is 0 Å². The Balaban J connectivity index is 2.05. The molecule has 3 nitrogen and oxygen atoms in total. The lowest BCUT2D eigenvalue weighted by Crippen LogP contribution is -2.24. The van der Waals surface area contributed by atoms with Crippen molar-refractivity contribution in [3.63, 3.8) is 0 Å². The minimum absolute atomic E-state index is 0.0173. The zero-order valence-corrected chi connectivity index (χ0v) is 9.83. The van der Waals surface area contributed by atoms with Gasteiger partial charge >= 0.3 is 0 Å². The summed E-state index contributed by atoms with van der Waals surface area (Å²) in [4.78, 5) is 0.479. The number of sulfonamides is 1. The van der Waals surface area contributed by atoms with Gasteiger partial charge in [0, 0.05) is 0 Å². The summed E-state index contributed by atoms with van der Waals surface area (Å²) in [7, 11) is -3.24. The second-order valence-corrected chi connectivity index (χ2v) is 6.36. The number of hydrogen-bond donors (Lipinski definition) is 1. The molecule has 0 spiro atoms. The van der Waals surface area contributed by atoms with Crippen LogP contribution in [0.2, 0.25) is 0 Å². The fourth-order valence-electron chi connectivity index (χ4n) is 2.92. The molecule has 1 heterocycles. The molecule has 16 heavy (non-hydrogen) atoms. The highest BCUT2D eigenvalue weighted by atomic mass is 32.2. The van der Waals surface area contributed by atoms with E-state index in [4.69, 9.17) is 0 Å². The molecule has 1 aromatic rings. The molecule has 1 saturated carbocycles. The Morgan fingerprint density at radius 1 is 1.12 bits per heavy atom. The summed E-state index contributed by atoms with van der Waals surface area (Å²) in [6.07, 6.45) is 4.74. The van der Waals surface area contributed by atoms with Crippen molar-refractivity contribution in [3.05, 3.63) is 29.8 Å². The van der Waals surface area contributed by atoms with Crippen molar-refractivity contribution < 1.29 is 8.42 Å². The zero-order chi connectivity index (χ0) is 11.2. The molecule has 0 radical (unpaired) electrons. The van der Waals surface area contributed by atoms with E-state index in [2.05, 4.69) is 4.72 Å². The molecule has 4 heteroatoms. The Morgan fingerprint density at radius 2 is 1.81 bits per heavy atom. The summed E-state index contributed by atoms with van der Waals surface area (Å²) in [5.41, 5.74) is 0.967. The molecule has 1 unspecified atom stereocenters. The fourth-order valence-corrected chi connectivity index (χ4v) is 4.46. The van der Waals surface area contributed by atoms with E-state index in [0.29, 0.717) is 10.8 Å². The van der Waals surface area contributed by atoms with Crippen LogP contribution < -0.4 is 4.72 Å². The summed E-state index contributed by atoms with van der Waals surface area (Å²) in [6, 6.07) is 7.37. The Labute approximate surface area is 95.9 Å². The largest absolute Gasteiger partial charge is 0.241 e. The molecular formula is C12H15NO2S. The van der Waals surface area contributed by atoms with Crippen LogP contribution in [-0.4, -0.2) is 8.42 Å². The third-order valence-corrected chi connectivity index (χ3v) is 5.21. The molecule has 0 aromatic heterocycles. The fraction of sp³-hybridized carbons (Fsp3) is 0.500. The van der Waals surface area contributed by atoms with E-state index in [0.717, 1.165) is 18.4 Å². The maximum absolute atomic E-state index is 11.9. The molecule has 86 valence electrons. The molecule has 1 fully saturated rings. The van der Waals surface area contributed by atoms with E-state index < -0.39 is 10.0 Å². The lowest BCUT2D eigenvalue weighted by molar-refractivity contribution is 0.420. The average Bonchev–Trinajstić information content (AvgIpc) is 2.86. The topological polar surface area (TPSA) is 46.2 Å². The van der Waals surface area contributed by atoms with Crippen molar-refractivity contribution in [2.75, 3.05) is 0 Å². The summed E-state index contributed by atoms with van der Waals surface area (Å²) >= 11 is 0. The first kappa shape index (κ1) is 10.3. The van der Waals surface area contributed by atoms with Crippen LogP contribution in [0.1, 0.15) is 37.3 Å². The predicted molar refractivity (Wildman–Crippen MR) is 61.5 cm³/mol. The highest BCUT2D eigenvalue weighted by molar-refractivity contribution is 7.89. The molecule has 1 aromatic carbocycles. The van der Waals surface area contributed by atoms with Gasteiger partial charge in [0.05, 0.1) is 10.9 Å². The first-order valence-electron chi connectivity index (χ1n) is 5.80. The molecular weight excluding hydrogens is 222 g/mol. The standard InChI is InChI=1S/C12H15NO2S/c14-16(15)11-8-4-3-7-10(11)12(13-16)9-5-1-2-6-9/h3-4,7-9,12-13H,1-2,5-6H2. The molecule has 3 rings (SSSR count). The highest BCUT2D eigenvalue weighted by Gasteiger charge is 2.38. The second-order valence-electron chi connectivity index (χ2n) is 4.68. The molecule has 1 aliphatic heterocycles. The quantitative estimate of drug-likeness (QED) is 0.814. The monoisotopic (exact) mass is 237 g/mol. The lowest BCUT2D eigenvalue weighted by atomic mass is 9.93. The Hall–Kier alpha value is -0.870. The lowest BCUT2D eigenvalue weighted by Gasteiger charge is -2.17. The van der Waals surface area contributed by atoms with Gasteiger partial charge in [0.1, 0.15) is 0 Å². The summed E-state index contributed by atoms with van der Waals surface area (Å²) in [6.45, 7) is 0. The van der Waals surface area contributed by atoms with E-state index in [9.17, 15) is 8.42 Å². The first-order valence-corrected chi connectivity index (χ1v) is 7.28. The average molecular weight is 237 g/mol. The van der Waals surface area contributed by atoms with E-state index >= 15 is 0 Å². The van der Waals surface area contributed by atoms with Gasteiger partial charge in [-0.2, -0.15) is 0 Å². The van der Waals surface area contributed by atoms with Gasteiger partial charge in [0.2, 0.25) is 10.0 Å². The third kappa shape index (κ3) is 1.48. The van der Waals surface area contributed by atoms with Crippen molar-refractivity contribution >= 4 is 10.0 Å². The maximum Gasteiger partial charge on any atom is 0.241 e. The zero-order valence-electron chi connectivity index (χ0n) is 9.02. The molecule has 1 aliphatic carbocycles. The minimum atomic E-state index is -3.24. The number of fused-ring (bicyclic) bond motifs is 1. The number of benzene rings is 1. The first-order chi connectivity index (χ1) is 7.68. The molecule has 0 saturated heterocycles. The van der Waals surface area contributed by atoms with Crippen LogP contribution in [0.5, 0.6) is 0 Å². The minimum Gasteiger partial charge on any atom is -0.207 e. The van der Waals surface area contributed by atoms with Gasteiger partial charge in [0.25, 0.3) is 0 Å². The van der Waals surface area contributed by atoms with Crippen LogP contribution in [0.3, 0.4) is 0 Å². The van der Waals surface area contributed by atoms with Gasteiger partial charge in [-0.15, -0.1) is 0 Å². The van der Waals surface area contributed by atoms with E-state index in [1.165, 1.54) is 12.8 Å². The predicted octanol–water partition coefficient (Wildman–Crippen LogP) is 2.21. The molecule has 2 aliphatic rings. The molecule has 0 bridgehead atoms. The maximum atomic E-state index is 11.9. The highest BCUT2D eigenvalue weighted by Crippen LogP contribution is 2.41. The van der Waals surface area contributed by atoms with Gasteiger partial charge in [-0.05, 0) is 30.4 Å². The van der Waals surface area contributed by atoms with Crippen LogP contribution in [-0.2, 0) is 10.0 Å². The SMILES string of the molecule is O=S1(=O)NC(C2CCCC2)c2ccccc21. The van der Waals surface area contributed by atoms with Gasteiger partial charge < -0.3 is 0 Å². The summed E-state index contributed by atoms with van der Waals surface area (Å²) in [5.74, 6) is 0.485. The van der Waals surface area contributed by atoms with Crippen molar-refractivity contribution in [2.24, 2.45) is 5.92 Å². The van der Waals surface area contributed by atoms with Crippen molar-refractivity contribution in [1.29, 1.82) is 0 Å². The van der Waals surface area contributed by atoms with Gasteiger partial charge in [-0.25, -0.2) is 13.1 Å². The Morgan fingerprint density at radius 3 is 2.56 bits per heavy atom. The van der Waals surface area contributed by atoms with Crippen molar-refractivity contribution in [1.82, 2.24) is 4.72 Å². The van der Waals surface area contributed by atoms with Crippen LogP contribution in [0.25, 0.3) is 0 Å². The number of rotatable bonds is 1. The van der Waals surface area contributed by atoms with E-state index in [1.54, 1.807) is 12.1 Å². The second kappa shape index (κ2) is 3.57. The Bertz CT molecular complexity index is 504. The molecule has 1 N–H and O–H groups in total. The van der Waals surface area contributed by atoms with Crippen LogP contribution >= 0.6 is 0 Å². The number of nitrogens with one attached hydrogen (secondary N) is 1. The summed E-state index contributed by atoms with van der Waals surface area (Å²) in [5, 5.41) is 0. The third-order valence-electron chi connectivity index (χ3n) is 3.70. The van der Waals surface area contributed by atoms with E-state index in [1.807, 2.05) is 12.1 Å². The van der Waals surface area contributed by atoms with Gasteiger partial charge in [0.15, 0.2) is 0 Å². The summed E-state index contributed by atoms with van der Waals surface area (Å²) < 4.78 is 26.6. The van der Waals surface area contributed by atoms with Gasteiger partial charge in [-0.3, -0.25) is 0 Å². The van der Waals surface area contributed by atoms with Crippen LogP contribution in [0.15, 0.2) is 29.2 Å². The van der Waals surface area contributed by atoms with Crippen molar-refractivity contribution in [2.45, 2.75) is 36.6 Å². The number of hydrogen-bond acceptors (Lipinski definition) is 2. The smallest absolute Gasteiger partial charge is 0.207 e. The molecule has 0 amide bonds. The van der Waals surface area contributed by atoms with E-state index in [-0.39, 0.29) is 6.04 Å². The molecule has 1 atom stereocenters. The van der Waals surface area contributed by atoms with Gasteiger partial charge in [-0.1, -0.05) is 31.0 Å².